The summed E-state index contributed by atoms with van der Waals surface area (Å²) in [5.74, 6) is 0.718. The van der Waals surface area contributed by atoms with E-state index in [0.717, 1.165) is 16.9 Å². The molecule has 5 nitrogen and oxygen atoms in total. The topological polar surface area (TPSA) is 63.0 Å². The molecule has 5 rings (SSSR count). The molecule has 28 heavy (non-hydrogen) atoms. The predicted octanol–water partition coefficient (Wildman–Crippen LogP) is 4.53. The largest absolute Gasteiger partial charge is 0.350 e. The summed E-state index contributed by atoms with van der Waals surface area (Å²) in [4.78, 5) is 20.0. The Labute approximate surface area is 165 Å². The van der Waals surface area contributed by atoms with Crippen LogP contribution in [0.5, 0.6) is 0 Å². The van der Waals surface area contributed by atoms with Crippen molar-refractivity contribution in [2.24, 2.45) is 0 Å². The number of rotatable bonds is 4. The lowest BCUT2D eigenvalue weighted by Crippen LogP contribution is -2.19. The fourth-order valence-electron chi connectivity index (χ4n) is 3.32. The predicted molar refractivity (Wildman–Crippen MR) is 113 cm³/mol. The van der Waals surface area contributed by atoms with Gasteiger partial charge < -0.3 is 0 Å². The standard InChI is InChI=1S/C22H16N4OS/c27-22-25-21(28-14-17-11-6-10-15-9-4-5-12-18(15)17)24-20-19(13-23-26(20)22)16-7-2-1-3-8-16/h1-13H,14H2,(H,24,25,27). The lowest BCUT2D eigenvalue weighted by atomic mass is 10.1. The highest BCUT2D eigenvalue weighted by atomic mass is 32.2. The fraction of sp³-hybridized carbons (Fsp3) is 0.0455. The molecule has 5 aromatic rings. The molecule has 0 bridgehead atoms. The quantitative estimate of drug-likeness (QED) is 0.463. The van der Waals surface area contributed by atoms with Crippen LogP contribution in [0.2, 0.25) is 0 Å². The first-order valence-corrected chi connectivity index (χ1v) is 9.91. The van der Waals surface area contributed by atoms with Gasteiger partial charge in [-0.25, -0.2) is 9.78 Å². The molecule has 0 unspecified atom stereocenters. The second kappa shape index (κ2) is 6.98. The molecule has 2 heterocycles. The minimum Gasteiger partial charge on any atom is -0.285 e. The summed E-state index contributed by atoms with van der Waals surface area (Å²) in [5, 5.41) is 7.21. The van der Waals surface area contributed by atoms with Crippen LogP contribution in [0.25, 0.3) is 27.5 Å². The number of nitrogens with one attached hydrogen (secondary N) is 1. The number of thioether (sulfide) groups is 1. The Bertz CT molecular complexity index is 1340. The monoisotopic (exact) mass is 384 g/mol. The molecule has 0 amide bonds. The second-order valence-corrected chi connectivity index (χ2v) is 7.40. The molecular formula is C22H16N4OS. The molecule has 0 aliphatic rings. The van der Waals surface area contributed by atoms with Gasteiger partial charge in [-0.3, -0.25) is 4.98 Å². The van der Waals surface area contributed by atoms with E-state index in [1.807, 2.05) is 42.5 Å². The highest BCUT2D eigenvalue weighted by Crippen LogP contribution is 2.27. The highest BCUT2D eigenvalue weighted by Gasteiger charge is 2.12. The molecule has 1 N–H and O–H groups in total. The van der Waals surface area contributed by atoms with Crippen LogP contribution < -0.4 is 5.69 Å². The van der Waals surface area contributed by atoms with Gasteiger partial charge in [0.1, 0.15) is 0 Å². The molecule has 0 fully saturated rings. The number of hydrogen-bond acceptors (Lipinski definition) is 4. The number of fused-ring (bicyclic) bond motifs is 2. The summed E-state index contributed by atoms with van der Waals surface area (Å²) in [7, 11) is 0. The van der Waals surface area contributed by atoms with E-state index in [9.17, 15) is 4.79 Å². The molecule has 136 valence electrons. The van der Waals surface area contributed by atoms with Gasteiger partial charge in [0.25, 0.3) is 0 Å². The smallest absolute Gasteiger partial charge is 0.285 e. The lowest BCUT2D eigenvalue weighted by molar-refractivity contribution is 0.787. The zero-order chi connectivity index (χ0) is 18.9. The van der Waals surface area contributed by atoms with E-state index in [1.54, 1.807) is 6.20 Å². The molecule has 0 spiro atoms. The van der Waals surface area contributed by atoms with Gasteiger partial charge in [-0.2, -0.15) is 9.61 Å². The highest BCUT2D eigenvalue weighted by molar-refractivity contribution is 7.98. The molecule has 2 aromatic heterocycles. The number of benzene rings is 3. The van der Waals surface area contributed by atoms with Crippen LogP contribution in [0, 0.1) is 0 Å². The van der Waals surface area contributed by atoms with Crippen LogP contribution in [0.15, 0.2) is 88.9 Å². The summed E-state index contributed by atoms with van der Waals surface area (Å²) in [6.07, 6.45) is 1.69. The van der Waals surface area contributed by atoms with Gasteiger partial charge in [-0.05, 0) is 21.9 Å². The number of nitrogens with zero attached hydrogens (tertiary/aromatic N) is 3. The molecule has 3 aromatic carbocycles. The molecule has 0 atom stereocenters. The van der Waals surface area contributed by atoms with E-state index in [-0.39, 0.29) is 5.69 Å². The molecule has 0 saturated carbocycles. The van der Waals surface area contributed by atoms with Crippen LogP contribution in [-0.2, 0) is 5.75 Å². The zero-order valence-electron chi connectivity index (χ0n) is 14.9. The SMILES string of the molecule is O=c1[nH]c(SCc2cccc3ccccc23)nc2c(-c3ccccc3)cnn12. The molecule has 0 radical (unpaired) electrons. The average Bonchev–Trinajstić information content (AvgIpc) is 3.17. The van der Waals surface area contributed by atoms with Crippen molar-refractivity contribution in [3.63, 3.8) is 0 Å². The van der Waals surface area contributed by atoms with Crippen molar-refractivity contribution in [3.8, 4) is 11.1 Å². The third-order valence-electron chi connectivity index (χ3n) is 4.69. The van der Waals surface area contributed by atoms with Crippen molar-refractivity contribution in [1.82, 2.24) is 19.6 Å². The van der Waals surface area contributed by atoms with Crippen LogP contribution >= 0.6 is 11.8 Å². The zero-order valence-corrected chi connectivity index (χ0v) is 15.7. The first kappa shape index (κ1) is 16.8. The Hall–Kier alpha value is -3.38. The number of hydrogen-bond donors (Lipinski definition) is 1. The molecule has 0 saturated heterocycles. The first-order valence-electron chi connectivity index (χ1n) is 8.92. The van der Waals surface area contributed by atoms with Gasteiger partial charge in [0.15, 0.2) is 10.8 Å². The van der Waals surface area contributed by atoms with Crippen LogP contribution in [0.1, 0.15) is 5.56 Å². The lowest BCUT2D eigenvalue weighted by Gasteiger charge is -2.06. The maximum atomic E-state index is 12.5. The van der Waals surface area contributed by atoms with E-state index in [4.69, 9.17) is 0 Å². The van der Waals surface area contributed by atoms with Gasteiger partial charge in [-0.1, -0.05) is 84.6 Å². The van der Waals surface area contributed by atoms with Gasteiger partial charge in [0.05, 0.1) is 6.20 Å². The Kier molecular flexibility index (Phi) is 4.18. The Balaban J connectivity index is 1.52. The van der Waals surface area contributed by atoms with Crippen molar-refractivity contribution in [2.75, 3.05) is 0 Å². The third-order valence-corrected chi connectivity index (χ3v) is 5.61. The molecule has 6 heteroatoms. The van der Waals surface area contributed by atoms with E-state index < -0.39 is 0 Å². The number of aromatic nitrogens is 4. The number of aromatic amines is 1. The summed E-state index contributed by atoms with van der Waals surface area (Å²) < 4.78 is 1.31. The Morgan fingerprint density at radius 1 is 0.929 bits per heavy atom. The van der Waals surface area contributed by atoms with Gasteiger partial charge in [0, 0.05) is 11.3 Å². The summed E-state index contributed by atoms with van der Waals surface area (Å²) in [6, 6.07) is 24.4. The van der Waals surface area contributed by atoms with Crippen LogP contribution in [-0.4, -0.2) is 19.6 Å². The van der Waals surface area contributed by atoms with E-state index in [1.165, 1.54) is 32.6 Å². The summed E-state index contributed by atoms with van der Waals surface area (Å²) in [5.41, 5.74) is 3.32. The van der Waals surface area contributed by atoms with Gasteiger partial charge in [0.2, 0.25) is 0 Å². The number of H-pyrrole nitrogens is 1. The van der Waals surface area contributed by atoms with E-state index in [0.29, 0.717) is 10.8 Å². The maximum Gasteiger partial charge on any atom is 0.350 e. The maximum absolute atomic E-state index is 12.5. The third kappa shape index (κ3) is 2.97. The summed E-state index contributed by atoms with van der Waals surface area (Å²) >= 11 is 1.52. The fourth-order valence-corrected chi connectivity index (χ4v) is 4.18. The average molecular weight is 384 g/mol. The van der Waals surface area contributed by atoms with Gasteiger partial charge >= 0.3 is 5.69 Å². The first-order chi connectivity index (χ1) is 13.8. The van der Waals surface area contributed by atoms with Crippen molar-refractivity contribution < 1.29 is 0 Å². The summed E-state index contributed by atoms with van der Waals surface area (Å²) in [6.45, 7) is 0. The van der Waals surface area contributed by atoms with Gasteiger partial charge in [-0.15, -0.1) is 0 Å². The molecular weight excluding hydrogens is 368 g/mol. The minimum absolute atomic E-state index is 0.285. The minimum atomic E-state index is -0.285. The Morgan fingerprint density at radius 3 is 2.61 bits per heavy atom. The van der Waals surface area contributed by atoms with E-state index >= 15 is 0 Å². The van der Waals surface area contributed by atoms with Crippen molar-refractivity contribution in [3.05, 3.63) is 95.0 Å². The van der Waals surface area contributed by atoms with Crippen LogP contribution in [0.3, 0.4) is 0 Å². The van der Waals surface area contributed by atoms with Crippen molar-refractivity contribution in [1.29, 1.82) is 0 Å². The molecule has 0 aliphatic heterocycles. The second-order valence-electron chi connectivity index (χ2n) is 6.43. The molecule has 0 aliphatic carbocycles. The normalized spacial score (nSPS) is 11.3. The Morgan fingerprint density at radius 2 is 1.71 bits per heavy atom. The van der Waals surface area contributed by atoms with E-state index in [2.05, 4.69) is 45.4 Å². The van der Waals surface area contributed by atoms with Crippen LogP contribution in [0.4, 0.5) is 0 Å². The van der Waals surface area contributed by atoms with Crippen molar-refractivity contribution in [2.45, 2.75) is 10.9 Å². The van der Waals surface area contributed by atoms with Crippen molar-refractivity contribution >= 4 is 28.2 Å².